The van der Waals surface area contributed by atoms with Crippen LogP contribution in [-0.4, -0.2) is 59.0 Å². The van der Waals surface area contributed by atoms with Gasteiger partial charge in [0.15, 0.2) is 5.78 Å². The van der Waals surface area contributed by atoms with Crippen molar-refractivity contribution in [1.82, 2.24) is 15.0 Å². The molecule has 0 amide bonds. The zero-order chi connectivity index (χ0) is 13.2. The monoisotopic (exact) mass is 252 g/mol. The lowest BCUT2D eigenvalue weighted by Crippen LogP contribution is -2.45. The van der Waals surface area contributed by atoms with Gasteiger partial charge in [-0.25, -0.2) is 4.68 Å². The van der Waals surface area contributed by atoms with Crippen LogP contribution in [0.3, 0.4) is 0 Å². The Bertz CT molecular complexity index is 416. The first-order chi connectivity index (χ1) is 8.50. The van der Waals surface area contributed by atoms with Crippen LogP contribution in [0.5, 0.6) is 0 Å². The zero-order valence-corrected chi connectivity index (χ0v) is 11.2. The highest BCUT2D eigenvalue weighted by molar-refractivity contribution is 5.79. The van der Waals surface area contributed by atoms with Crippen LogP contribution in [0.4, 0.5) is 0 Å². The summed E-state index contributed by atoms with van der Waals surface area (Å²) in [5.41, 5.74) is 6.30. The Morgan fingerprint density at radius 1 is 1.50 bits per heavy atom. The standard InChI is InChI=1S/C12H22N5O/c1-17(2)5-3-10(4-6-17)12-9-16(15-14-12)8-11(18)7-13/h9-10H,3-8,13H2,1-2H3/q+1. The van der Waals surface area contributed by atoms with Gasteiger partial charge in [-0.1, -0.05) is 5.21 Å². The number of ketones is 1. The van der Waals surface area contributed by atoms with Crippen LogP contribution >= 0.6 is 0 Å². The molecule has 0 aliphatic carbocycles. The fourth-order valence-electron chi connectivity index (χ4n) is 2.39. The molecule has 100 valence electrons. The van der Waals surface area contributed by atoms with E-state index >= 15 is 0 Å². The van der Waals surface area contributed by atoms with Gasteiger partial charge in [-0.05, 0) is 0 Å². The highest BCUT2D eigenvalue weighted by atomic mass is 16.1. The smallest absolute Gasteiger partial charge is 0.167 e. The maximum absolute atomic E-state index is 11.2. The van der Waals surface area contributed by atoms with E-state index in [-0.39, 0.29) is 18.9 Å². The van der Waals surface area contributed by atoms with Crippen LogP contribution in [-0.2, 0) is 11.3 Å². The number of rotatable bonds is 4. The van der Waals surface area contributed by atoms with E-state index in [0.717, 1.165) is 23.0 Å². The van der Waals surface area contributed by atoms with Crippen LogP contribution in [0.25, 0.3) is 0 Å². The van der Waals surface area contributed by atoms with Gasteiger partial charge in [-0.2, -0.15) is 0 Å². The van der Waals surface area contributed by atoms with Crippen molar-refractivity contribution >= 4 is 5.78 Å². The molecule has 1 fully saturated rings. The molecule has 2 rings (SSSR count). The van der Waals surface area contributed by atoms with Crippen LogP contribution in [0.15, 0.2) is 6.20 Å². The second-order valence-corrected chi connectivity index (χ2v) is 5.74. The van der Waals surface area contributed by atoms with E-state index in [4.69, 9.17) is 5.73 Å². The van der Waals surface area contributed by atoms with Gasteiger partial charge in [0, 0.05) is 25.0 Å². The topological polar surface area (TPSA) is 73.8 Å². The number of nitrogens with zero attached hydrogens (tertiary/aromatic N) is 4. The fourth-order valence-corrected chi connectivity index (χ4v) is 2.39. The van der Waals surface area contributed by atoms with Crippen molar-refractivity contribution < 1.29 is 9.28 Å². The first-order valence-electron chi connectivity index (χ1n) is 6.44. The minimum atomic E-state index is -0.0205. The van der Waals surface area contributed by atoms with Crippen molar-refractivity contribution in [3.05, 3.63) is 11.9 Å². The maximum Gasteiger partial charge on any atom is 0.167 e. The molecule has 1 aliphatic heterocycles. The molecule has 0 radical (unpaired) electrons. The molecular formula is C12H22N5O+. The molecule has 1 saturated heterocycles. The molecular weight excluding hydrogens is 230 g/mol. The number of carbonyl (C=O) groups is 1. The molecule has 1 aliphatic rings. The molecule has 6 heteroatoms. The van der Waals surface area contributed by atoms with Crippen LogP contribution < -0.4 is 5.73 Å². The van der Waals surface area contributed by atoms with Crippen molar-refractivity contribution in [3.63, 3.8) is 0 Å². The summed E-state index contributed by atoms with van der Waals surface area (Å²) in [4.78, 5) is 11.2. The van der Waals surface area contributed by atoms with E-state index in [1.807, 2.05) is 6.20 Å². The number of quaternary nitrogens is 1. The number of carbonyl (C=O) groups excluding carboxylic acids is 1. The highest BCUT2D eigenvalue weighted by Crippen LogP contribution is 2.28. The third kappa shape index (κ3) is 3.14. The van der Waals surface area contributed by atoms with Crippen molar-refractivity contribution in [2.24, 2.45) is 5.73 Å². The summed E-state index contributed by atoms with van der Waals surface area (Å²) in [6, 6.07) is 0. The lowest BCUT2D eigenvalue weighted by molar-refractivity contribution is -0.895. The number of nitrogens with two attached hydrogens (primary N) is 1. The van der Waals surface area contributed by atoms with Crippen LogP contribution in [0, 0.1) is 0 Å². The van der Waals surface area contributed by atoms with Crippen molar-refractivity contribution in [3.8, 4) is 0 Å². The van der Waals surface area contributed by atoms with Gasteiger partial charge in [-0.15, -0.1) is 5.10 Å². The summed E-state index contributed by atoms with van der Waals surface area (Å²) in [6.07, 6.45) is 4.16. The van der Waals surface area contributed by atoms with E-state index in [1.165, 1.54) is 13.1 Å². The average Bonchev–Trinajstić information content (AvgIpc) is 2.77. The first kappa shape index (κ1) is 13.2. The Labute approximate surface area is 107 Å². The molecule has 2 heterocycles. The predicted octanol–water partition coefficient (Wildman–Crippen LogP) is -0.240. The summed E-state index contributed by atoms with van der Waals surface area (Å²) >= 11 is 0. The zero-order valence-electron chi connectivity index (χ0n) is 11.2. The van der Waals surface area contributed by atoms with Gasteiger partial charge in [-0.3, -0.25) is 4.79 Å². The van der Waals surface area contributed by atoms with Gasteiger partial charge in [0.25, 0.3) is 0 Å². The normalized spacial score (nSPS) is 19.9. The molecule has 0 saturated carbocycles. The van der Waals surface area contributed by atoms with Crippen molar-refractivity contribution in [2.45, 2.75) is 25.3 Å². The Kier molecular flexibility index (Phi) is 3.77. The molecule has 2 N–H and O–H groups in total. The summed E-state index contributed by atoms with van der Waals surface area (Å²) < 4.78 is 2.68. The quantitative estimate of drug-likeness (QED) is 0.751. The number of aromatic nitrogens is 3. The third-order valence-electron chi connectivity index (χ3n) is 3.71. The second kappa shape index (κ2) is 5.16. The molecule has 0 unspecified atom stereocenters. The van der Waals surface area contributed by atoms with Crippen molar-refractivity contribution in [2.75, 3.05) is 33.7 Å². The summed E-state index contributed by atoms with van der Waals surface area (Å²) in [5, 5.41) is 8.19. The highest BCUT2D eigenvalue weighted by Gasteiger charge is 2.28. The molecule has 0 bridgehead atoms. The number of likely N-dealkylation sites (tertiary alicyclic amines) is 1. The Morgan fingerprint density at radius 3 is 2.78 bits per heavy atom. The summed E-state index contributed by atoms with van der Waals surface area (Å²) in [5.74, 6) is 0.464. The summed E-state index contributed by atoms with van der Waals surface area (Å²) in [6.45, 7) is 2.63. The van der Waals surface area contributed by atoms with Crippen LogP contribution in [0.1, 0.15) is 24.5 Å². The fraction of sp³-hybridized carbons (Fsp3) is 0.750. The predicted molar refractivity (Wildman–Crippen MR) is 67.9 cm³/mol. The molecule has 18 heavy (non-hydrogen) atoms. The Morgan fingerprint density at radius 2 is 2.17 bits per heavy atom. The average molecular weight is 252 g/mol. The number of hydrogen-bond acceptors (Lipinski definition) is 4. The number of Topliss-reactive ketones (excluding diaryl/α,β-unsaturated/α-hetero) is 1. The van der Waals surface area contributed by atoms with E-state index in [2.05, 4.69) is 24.4 Å². The molecule has 0 spiro atoms. The summed E-state index contributed by atoms with van der Waals surface area (Å²) in [7, 11) is 4.51. The van der Waals surface area contributed by atoms with Gasteiger partial charge >= 0.3 is 0 Å². The minimum Gasteiger partial charge on any atom is -0.328 e. The number of piperidine rings is 1. The van der Waals surface area contributed by atoms with Gasteiger partial charge < -0.3 is 10.2 Å². The largest absolute Gasteiger partial charge is 0.328 e. The molecule has 0 atom stereocenters. The molecule has 1 aromatic heterocycles. The lowest BCUT2D eigenvalue weighted by Gasteiger charge is -2.36. The number of hydrogen-bond donors (Lipinski definition) is 1. The van der Waals surface area contributed by atoms with Crippen molar-refractivity contribution in [1.29, 1.82) is 0 Å². The van der Waals surface area contributed by atoms with Gasteiger partial charge in [0.2, 0.25) is 0 Å². The minimum absolute atomic E-state index is 0.0205. The SMILES string of the molecule is C[N+]1(C)CCC(c2cn(CC(=O)CN)nn2)CC1. The van der Waals surface area contributed by atoms with Gasteiger partial charge in [0.1, 0.15) is 6.54 Å². The first-order valence-corrected chi connectivity index (χ1v) is 6.44. The van der Waals surface area contributed by atoms with E-state index in [9.17, 15) is 4.79 Å². The molecule has 1 aromatic rings. The lowest BCUT2D eigenvalue weighted by atomic mass is 9.93. The molecule has 6 nitrogen and oxygen atoms in total. The van der Waals surface area contributed by atoms with Gasteiger partial charge in [0.05, 0.1) is 39.4 Å². The molecule has 0 aromatic carbocycles. The second-order valence-electron chi connectivity index (χ2n) is 5.74. The van der Waals surface area contributed by atoms with E-state index < -0.39 is 0 Å². The van der Waals surface area contributed by atoms with E-state index in [1.54, 1.807) is 4.68 Å². The Hall–Kier alpha value is -1.27. The Balaban J connectivity index is 1.96. The van der Waals surface area contributed by atoms with E-state index in [0.29, 0.717) is 5.92 Å². The van der Waals surface area contributed by atoms with Crippen LogP contribution in [0.2, 0.25) is 0 Å². The maximum atomic E-state index is 11.2. The third-order valence-corrected chi connectivity index (χ3v) is 3.71.